The number of carbonyl (C=O) groups excluding carboxylic acids is 1. The normalized spacial score (nSPS) is 11.6. The lowest BCUT2D eigenvalue weighted by Gasteiger charge is -2.27. The summed E-state index contributed by atoms with van der Waals surface area (Å²) in [5.41, 5.74) is 2.13. The fourth-order valence-corrected chi connectivity index (χ4v) is 2.52. The van der Waals surface area contributed by atoms with E-state index in [2.05, 4.69) is 0 Å². The predicted octanol–water partition coefficient (Wildman–Crippen LogP) is 5.31. The molecule has 0 aliphatic heterocycles. The SMILES string of the molecule is CCC(Cl)(Cl)C(=O)N(C/C=C\c1ccccc1)Cc1ccccc1. The van der Waals surface area contributed by atoms with Gasteiger partial charge in [-0.05, 0) is 17.5 Å². The van der Waals surface area contributed by atoms with Crippen LogP contribution in [-0.4, -0.2) is 21.7 Å². The first kappa shape index (κ1) is 18.6. The molecular weight excluding hydrogens is 341 g/mol. The van der Waals surface area contributed by atoms with Crippen LogP contribution in [-0.2, 0) is 11.3 Å². The van der Waals surface area contributed by atoms with Crippen LogP contribution < -0.4 is 0 Å². The summed E-state index contributed by atoms with van der Waals surface area (Å²) in [5.74, 6) is -0.269. The monoisotopic (exact) mass is 361 g/mol. The standard InChI is InChI=1S/C20H21Cl2NO/c1-2-20(21,22)19(24)23(16-18-12-7-4-8-13-18)15-9-14-17-10-5-3-6-11-17/h3-14H,2,15-16H2,1H3/b14-9-. The molecule has 24 heavy (non-hydrogen) atoms. The van der Waals surface area contributed by atoms with Gasteiger partial charge in [-0.2, -0.15) is 0 Å². The summed E-state index contributed by atoms with van der Waals surface area (Å²) in [6.07, 6.45) is 4.31. The summed E-state index contributed by atoms with van der Waals surface area (Å²) < 4.78 is -1.39. The quantitative estimate of drug-likeness (QED) is 0.611. The van der Waals surface area contributed by atoms with Crippen LogP contribution in [0.5, 0.6) is 0 Å². The zero-order valence-electron chi connectivity index (χ0n) is 13.7. The summed E-state index contributed by atoms with van der Waals surface area (Å²) in [5, 5.41) is 0. The first-order chi connectivity index (χ1) is 11.5. The van der Waals surface area contributed by atoms with Crippen LogP contribution in [0.2, 0.25) is 0 Å². The van der Waals surface area contributed by atoms with E-state index in [-0.39, 0.29) is 5.91 Å². The Morgan fingerprint density at radius 2 is 1.62 bits per heavy atom. The van der Waals surface area contributed by atoms with E-state index < -0.39 is 4.33 Å². The minimum atomic E-state index is -1.39. The molecule has 2 aromatic rings. The lowest BCUT2D eigenvalue weighted by atomic mass is 10.2. The second-order valence-corrected chi connectivity index (χ2v) is 7.03. The summed E-state index contributed by atoms with van der Waals surface area (Å²) >= 11 is 12.4. The van der Waals surface area contributed by atoms with E-state index in [9.17, 15) is 4.79 Å². The molecule has 0 unspecified atom stereocenters. The molecule has 2 nitrogen and oxygen atoms in total. The largest absolute Gasteiger partial charge is 0.332 e. The maximum Gasteiger partial charge on any atom is 0.259 e. The fraction of sp³-hybridized carbons (Fsp3) is 0.250. The molecule has 0 aromatic heterocycles. The number of halogens is 2. The van der Waals surface area contributed by atoms with Gasteiger partial charge in [0, 0.05) is 13.1 Å². The molecule has 0 aliphatic carbocycles. The summed E-state index contributed by atoms with van der Waals surface area (Å²) in [6.45, 7) is 2.72. The predicted molar refractivity (Wildman–Crippen MR) is 102 cm³/mol. The molecule has 0 bridgehead atoms. The third-order valence-electron chi connectivity index (χ3n) is 3.70. The van der Waals surface area contributed by atoms with E-state index in [1.54, 1.807) is 11.8 Å². The second kappa shape index (κ2) is 8.91. The summed E-state index contributed by atoms with van der Waals surface area (Å²) in [7, 11) is 0. The zero-order chi connectivity index (χ0) is 17.4. The zero-order valence-corrected chi connectivity index (χ0v) is 15.2. The molecule has 2 aromatic carbocycles. The topological polar surface area (TPSA) is 20.3 Å². The lowest BCUT2D eigenvalue weighted by molar-refractivity contribution is -0.132. The number of hydrogen-bond acceptors (Lipinski definition) is 1. The number of carbonyl (C=O) groups is 1. The van der Waals surface area contributed by atoms with Gasteiger partial charge in [-0.3, -0.25) is 4.79 Å². The Labute approximate surface area is 153 Å². The van der Waals surface area contributed by atoms with Crippen molar-refractivity contribution in [1.29, 1.82) is 0 Å². The van der Waals surface area contributed by atoms with E-state index in [0.717, 1.165) is 11.1 Å². The van der Waals surface area contributed by atoms with Gasteiger partial charge in [0.1, 0.15) is 0 Å². The number of benzene rings is 2. The number of rotatable bonds is 7. The average molecular weight is 362 g/mol. The van der Waals surface area contributed by atoms with Crippen molar-refractivity contribution in [3.8, 4) is 0 Å². The third-order valence-corrected chi connectivity index (χ3v) is 4.55. The molecule has 0 heterocycles. The van der Waals surface area contributed by atoms with Crippen molar-refractivity contribution in [2.24, 2.45) is 0 Å². The van der Waals surface area contributed by atoms with Gasteiger partial charge in [0.2, 0.25) is 0 Å². The van der Waals surface area contributed by atoms with Crippen molar-refractivity contribution in [1.82, 2.24) is 4.90 Å². The van der Waals surface area contributed by atoms with E-state index >= 15 is 0 Å². The van der Waals surface area contributed by atoms with Crippen LogP contribution in [0, 0.1) is 0 Å². The van der Waals surface area contributed by atoms with Crippen LogP contribution in [0.25, 0.3) is 6.08 Å². The average Bonchev–Trinajstić information content (AvgIpc) is 2.62. The first-order valence-electron chi connectivity index (χ1n) is 7.95. The van der Waals surface area contributed by atoms with Crippen molar-refractivity contribution in [3.05, 3.63) is 77.9 Å². The van der Waals surface area contributed by atoms with Crippen molar-refractivity contribution >= 4 is 35.2 Å². The third kappa shape index (κ3) is 5.40. The van der Waals surface area contributed by atoms with Crippen molar-refractivity contribution in [2.75, 3.05) is 6.54 Å². The van der Waals surface area contributed by atoms with Gasteiger partial charge in [0.15, 0.2) is 4.33 Å². The van der Waals surface area contributed by atoms with E-state index in [0.29, 0.717) is 19.5 Å². The van der Waals surface area contributed by atoms with Crippen LogP contribution in [0.1, 0.15) is 24.5 Å². The Bertz CT molecular complexity index is 669. The van der Waals surface area contributed by atoms with Gasteiger partial charge in [-0.25, -0.2) is 0 Å². The number of hydrogen-bond donors (Lipinski definition) is 0. The molecular formula is C20H21Cl2NO. The molecule has 0 aliphatic rings. The highest BCUT2D eigenvalue weighted by atomic mass is 35.5. The highest BCUT2D eigenvalue weighted by molar-refractivity contribution is 6.58. The first-order valence-corrected chi connectivity index (χ1v) is 8.71. The Kier molecular flexibility index (Phi) is 6.89. The van der Waals surface area contributed by atoms with Gasteiger partial charge >= 0.3 is 0 Å². The Hall–Kier alpha value is -1.77. The Morgan fingerprint density at radius 1 is 1.04 bits per heavy atom. The van der Waals surface area contributed by atoms with Crippen molar-refractivity contribution in [2.45, 2.75) is 24.2 Å². The lowest BCUT2D eigenvalue weighted by Crippen LogP contribution is -2.41. The molecule has 2 rings (SSSR count). The van der Waals surface area contributed by atoms with Crippen LogP contribution in [0.15, 0.2) is 66.7 Å². The maximum atomic E-state index is 12.7. The molecule has 1 amide bonds. The second-order valence-electron chi connectivity index (χ2n) is 5.54. The fourth-order valence-electron chi connectivity index (χ4n) is 2.29. The molecule has 0 spiro atoms. The Balaban J connectivity index is 2.13. The number of nitrogens with zero attached hydrogens (tertiary/aromatic N) is 1. The molecule has 4 heteroatoms. The van der Waals surface area contributed by atoms with E-state index in [4.69, 9.17) is 23.2 Å². The van der Waals surface area contributed by atoms with Crippen LogP contribution >= 0.6 is 23.2 Å². The van der Waals surface area contributed by atoms with E-state index in [1.807, 2.05) is 72.8 Å². The minimum absolute atomic E-state index is 0.269. The molecule has 0 saturated carbocycles. The molecule has 0 N–H and O–H groups in total. The van der Waals surface area contributed by atoms with Gasteiger partial charge < -0.3 is 4.90 Å². The van der Waals surface area contributed by atoms with Gasteiger partial charge in [-0.1, -0.05) is 103 Å². The summed E-state index contributed by atoms with van der Waals surface area (Å²) in [6, 6.07) is 19.8. The smallest absolute Gasteiger partial charge is 0.259 e. The van der Waals surface area contributed by atoms with Gasteiger partial charge in [0.25, 0.3) is 5.91 Å². The van der Waals surface area contributed by atoms with Crippen LogP contribution in [0.4, 0.5) is 0 Å². The number of alkyl halides is 2. The molecule has 0 atom stereocenters. The van der Waals surface area contributed by atoms with Gasteiger partial charge in [-0.15, -0.1) is 0 Å². The molecule has 126 valence electrons. The number of amides is 1. The molecule has 0 saturated heterocycles. The van der Waals surface area contributed by atoms with Crippen molar-refractivity contribution < 1.29 is 4.79 Å². The van der Waals surface area contributed by atoms with Crippen LogP contribution in [0.3, 0.4) is 0 Å². The Morgan fingerprint density at radius 3 is 2.21 bits per heavy atom. The minimum Gasteiger partial charge on any atom is -0.332 e. The van der Waals surface area contributed by atoms with Crippen molar-refractivity contribution in [3.63, 3.8) is 0 Å². The summed E-state index contributed by atoms with van der Waals surface area (Å²) in [4.78, 5) is 14.3. The molecule has 0 fully saturated rings. The van der Waals surface area contributed by atoms with Gasteiger partial charge in [0.05, 0.1) is 0 Å². The molecule has 0 radical (unpaired) electrons. The highest BCUT2D eigenvalue weighted by Crippen LogP contribution is 2.28. The highest BCUT2D eigenvalue weighted by Gasteiger charge is 2.35. The maximum absolute atomic E-state index is 12.7. The van der Waals surface area contributed by atoms with E-state index in [1.165, 1.54) is 0 Å².